The van der Waals surface area contributed by atoms with Gasteiger partial charge in [0, 0.05) is 24.9 Å². The van der Waals surface area contributed by atoms with E-state index in [4.69, 9.17) is 4.42 Å². The van der Waals surface area contributed by atoms with Crippen LogP contribution in [-0.4, -0.2) is 25.0 Å². The molecule has 1 fully saturated rings. The first-order valence-electron chi connectivity index (χ1n) is 8.23. The number of nitrogens with one attached hydrogen (secondary N) is 2. The van der Waals surface area contributed by atoms with Gasteiger partial charge in [-0.1, -0.05) is 12.1 Å². The average Bonchev–Trinajstić information content (AvgIpc) is 3.21. The van der Waals surface area contributed by atoms with Crippen molar-refractivity contribution in [2.45, 2.75) is 19.9 Å². The molecule has 1 aliphatic rings. The van der Waals surface area contributed by atoms with Gasteiger partial charge in [0.15, 0.2) is 0 Å². The highest BCUT2D eigenvalue weighted by Crippen LogP contribution is 2.20. The Bertz CT molecular complexity index is 793. The fourth-order valence-electron chi connectivity index (χ4n) is 2.71. The van der Waals surface area contributed by atoms with Crippen LogP contribution in [-0.2, 0) is 4.79 Å². The van der Waals surface area contributed by atoms with Crippen LogP contribution in [0.3, 0.4) is 0 Å². The van der Waals surface area contributed by atoms with Crippen LogP contribution in [0.4, 0.5) is 10.5 Å². The van der Waals surface area contributed by atoms with E-state index in [1.165, 1.54) is 6.08 Å². The summed E-state index contributed by atoms with van der Waals surface area (Å²) in [5.41, 5.74) is 1.82. The van der Waals surface area contributed by atoms with Gasteiger partial charge in [0.1, 0.15) is 11.5 Å². The molecule has 2 aromatic rings. The number of carbonyl (C=O) groups is 2. The van der Waals surface area contributed by atoms with E-state index in [0.29, 0.717) is 18.8 Å². The van der Waals surface area contributed by atoms with Crippen LogP contribution in [0.25, 0.3) is 6.08 Å². The fourth-order valence-corrected chi connectivity index (χ4v) is 2.71. The maximum absolute atomic E-state index is 12.0. The number of anilines is 1. The second-order valence-electron chi connectivity index (χ2n) is 5.99. The van der Waals surface area contributed by atoms with E-state index in [-0.39, 0.29) is 18.0 Å². The SMILES string of the molecule is Cc1ccc(C=CC(=O)NC(C)c2ccc(N3CCNC3=O)cc2)o1. The van der Waals surface area contributed by atoms with Crippen molar-refractivity contribution in [3.63, 3.8) is 0 Å². The Kier molecular flexibility index (Phi) is 4.88. The molecule has 6 nitrogen and oxygen atoms in total. The highest BCUT2D eigenvalue weighted by atomic mass is 16.3. The number of hydrogen-bond donors (Lipinski definition) is 2. The molecular formula is C19H21N3O3. The van der Waals surface area contributed by atoms with Crippen molar-refractivity contribution in [3.8, 4) is 0 Å². The molecule has 3 amide bonds. The number of aryl methyl sites for hydroxylation is 1. The zero-order valence-corrected chi connectivity index (χ0v) is 14.3. The van der Waals surface area contributed by atoms with Gasteiger partial charge in [0.2, 0.25) is 5.91 Å². The van der Waals surface area contributed by atoms with Crippen LogP contribution in [0.5, 0.6) is 0 Å². The van der Waals surface area contributed by atoms with Crippen molar-refractivity contribution < 1.29 is 14.0 Å². The van der Waals surface area contributed by atoms with Crippen molar-refractivity contribution >= 4 is 23.7 Å². The highest BCUT2D eigenvalue weighted by molar-refractivity contribution is 5.94. The Labute approximate surface area is 146 Å². The quantitative estimate of drug-likeness (QED) is 0.822. The summed E-state index contributed by atoms with van der Waals surface area (Å²) in [6.07, 6.45) is 3.10. The van der Waals surface area contributed by atoms with Gasteiger partial charge in [-0.15, -0.1) is 0 Å². The van der Waals surface area contributed by atoms with Crippen LogP contribution in [0.1, 0.15) is 30.0 Å². The molecule has 1 atom stereocenters. The van der Waals surface area contributed by atoms with Gasteiger partial charge in [0.05, 0.1) is 6.04 Å². The van der Waals surface area contributed by atoms with Crippen LogP contribution in [0.15, 0.2) is 46.9 Å². The molecule has 2 heterocycles. The summed E-state index contributed by atoms with van der Waals surface area (Å²) in [7, 11) is 0. The van der Waals surface area contributed by atoms with Crippen LogP contribution in [0.2, 0.25) is 0 Å². The number of amides is 3. The molecular weight excluding hydrogens is 318 g/mol. The minimum Gasteiger partial charge on any atom is -0.462 e. The van der Waals surface area contributed by atoms with Gasteiger partial charge >= 0.3 is 6.03 Å². The number of benzene rings is 1. The molecule has 1 aromatic heterocycles. The molecule has 0 saturated carbocycles. The number of nitrogens with zero attached hydrogens (tertiary/aromatic N) is 1. The van der Waals surface area contributed by atoms with E-state index >= 15 is 0 Å². The standard InChI is InChI=1S/C19H21N3O3/c1-13-3-8-17(25-13)9-10-18(23)21-14(2)15-4-6-16(7-5-15)22-12-11-20-19(22)24/h3-10,14H,11-12H2,1-2H3,(H,20,24)(H,21,23). The van der Waals surface area contributed by atoms with Crippen molar-refractivity contribution in [2.75, 3.05) is 18.0 Å². The van der Waals surface area contributed by atoms with E-state index in [9.17, 15) is 9.59 Å². The topological polar surface area (TPSA) is 74.6 Å². The van der Waals surface area contributed by atoms with Crippen molar-refractivity contribution in [2.24, 2.45) is 0 Å². The zero-order valence-electron chi connectivity index (χ0n) is 14.3. The summed E-state index contributed by atoms with van der Waals surface area (Å²) in [6, 6.07) is 11.1. The molecule has 25 heavy (non-hydrogen) atoms. The highest BCUT2D eigenvalue weighted by Gasteiger charge is 2.21. The first-order chi connectivity index (χ1) is 12.0. The van der Waals surface area contributed by atoms with Gasteiger partial charge < -0.3 is 15.1 Å². The molecule has 130 valence electrons. The predicted octanol–water partition coefficient (Wildman–Crippen LogP) is 3.01. The predicted molar refractivity (Wildman–Crippen MR) is 96.2 cm³/mol. The minimum atomic E-state index is -0.190. The lowest BCUT2D eigenvalue weighted by atomic mass is 10.1. The molecule has 3 rings (SSSR count). The normalized spacial score (nSPS) is 15.4. The molecule has 0 bridgehead atoms. The van der Waals surface area contributed by atoms with Gasteiger partial charge in [0.25, 0.3) is 0 Å². The van der Waals surface area contributed by atoms with Crippen molar-refractivity contribution in [1.29, 1.82) is 0 Å². The number of rotatable bonds is 5. The molecule has 0 spiro atoms. The molecule has 0 aliphatic carbocycles. The molecule has 1 aromatic carbocycles. The van der Waals surface area contributed by atoms with Crippen LogP contribution < -0.4 is 15.5 Å². The number of carbonyl (C=O) groups excluding carboxylic acids is 2. The summed E-state index contributed by atoms with van der Waals surface area (Å²) >= 11 is 0. The lowest BCUT2D eigenvalue weighted by Gasteiger charge is -2.17. The number of hydrogen-bond acceptors (Lipinski definition) is 3. The van der Waals surface area contributed by atoms with E-state index in [1.54, 1.807) is 11.0 Å². The van der Waals surface area contributed by atoms with E-state index in [0.717, 1.165) is 17.0 Å². The Morgan fingerprint density at radius 1 is 1.28 bits per heavy atom. The van der Waals surface area contributed by atoms with Gasteiger partial charge in [-0.2, -0.15) is 0 Å². The Morgan fingerprint density at radius 3 is 2.64 bits per heavy atom. The van der Waals surface area contributed by atoms with Gasteiger partial charge in [-0.05, 0) is 49.8 Å². The Balaban J connectivity index is 1.59. The van der Waals surface area contributed by atoms with Crippen molar-refractivity contribution in [3.05, 3.63) is 59.6 Å². The minimum absolute atomic E-state index is 0.0765. The second-order valence-corrected chi connectivity index (χ2v) is 5.99. The van der Waals surface area contributed by atoms with Crippen LogP contribution in [0, 0.1) is 6.92 Å². The first kappa shape index (κ1) is 16.8. The third-order valence-electron chi connectivity index (χ3n) is 4.08. The van der Waals surface area contributed by atoms with Gasteiger partial charge in [-0.3, -0.25) is 9.69 Å². The third-order valence-corrected chi connectivity index (χ3v) is 4.08. The summed E-state index contributed by atoms with van der Waals surface area (Å²) < 4.78 is 5.39. The maximum atomic E-state index is 12.0. The Hall–Kier alpha value is -3.02. The molecule has 1 saturated heterocycles. The summed E-state index contributed by atoms with van der Waals surface area (Å²) in [5, 5.41) is 5.69. The lowest BCUT2D eigenvalue weighted by Crippen LogP contribution is -2.28. The summed E-state index contributed by atoms with van der Waals surface area (Å²) in [6.45, 7) is 5.10. The van der Waals surface area contributed by atoms with E-state index in [1.807, 2.05) is 50.2 Å². The molecule has 0 radical (unpaired) electrons. The van der Waals surface area contributed by atoms with Crippen molar-refractivity contribution in [1.82, 2.24) is 10.6 Å². The zero-order chi connectivity index (χ0) is 17.8. The number of furan rings is 1. The van der Waals surface area contributed by atoms with Crippen LogP contribution >= 0.6 is 0 Å². The van der Waals surface area contributed by atoms with E-state index < -0.39 is 0 Å². The fraction of sp³-hybridized carbons (Fsp3) is 0.263. The first-order valence-corrected chi connectivity index (χ1v) is 8.23. The molecule has 2 N–H and O–H groups in total. The van der Waals surface area contributed by atoms with Gasteiger partial charge in [-0.25, -0.2) is 4.79 Å². The molecule has 6 heteroatoms. The Morgan fingerprint density at radius 2 is 2.04 bits per heavy atom. The monoisotopic (exact) mass is 339 g/mol. The molecule has 1 aliphatic heterocycles. The average molecular weight is 339 g/mol. The summed E-state index contributed by atoms with van der Waals surface area (Å²) in [4.78, 5) is 25.4. The summed E-state index contributed by atoms with van der Waals surface area (Å²) in [5.74, 6) is 1.26. The number of urea groups is 1. The molecule has 1 unspecified atom stereocenters. The second kappa shape index (κ2) is 7.25. The largest absolute Gasteiger partial charge is 0.462 e. The lowest BCUT2D eigenvalue weighted by molar-refractivity contribution is -0.117. The maximum Gasteiger partial charge on any atom is 0.321 e. The third kappa shape index (κ3) is 4.09. The smallest absolute Gasteiger partial charge is 0.321 e. The van der Waals surface area contributed by atoms with E-state index in [2.05, 4.69) is 10.6 Å².